The van der Waals surface area contributed by atoms with Gasteiger partial charge in [-0.25, -0.2) is 0 Å². The fourth-order valence-electron chi connectivity index (χ4n) is 1.54. The molecule has 0 radical (unpaired) electrons. The second-order valence-corrected chi connectivity index (χ2v) is 3.48. The predicted molar refractivity (Wildman–Crippen MR) is 50.3 cm³/mol. The van der Waals surface area contributed by atoms with Crippen LogP contribution >= 0.6 is 0 Å². The number of carbonyl (C=O) groups is 1. The zero-order chi connectivity index (χ0) is 9.68. The van der Waals surface area contributed by atoms with Crippen molar-refractivity contribution in [2.45, 2.75) is 25.3 Å². The minimum atomic E-state index is 0.186. The zero-order valence-corrected chi connectivity index (χ0v) is 8.16. The van der Waals surface area contributed by atoms with Crippen LogP contribution in [0.2, 0.25) is 0 Å². The Labute approximate surface area is 79.0 Å². The number of rotatable bonds is 4. The molecule has 1 saturated heterocycles. The summed E-state index contributed by atoms with van der Waals surface area (Å²) in [7, 11) is 1.65. The van der Waals surface area contributed by atoms with Crippen molar-refractivity contribution in [1.82, 2.24) is 4.90 Å². The van der Waals surface area contributed by atoms with E-state index in [0.717, 1.165) is 25.9 Å². The molecule has 0 spiro atoms. The second kappa shape index (κ2) is 5.19. The first-order valence-corrected chi connectivity index (χ1v) is 4.76. The summed E-state index contributed by atoms with van der Waals surface area (Å²) in [6.45, 7) is 2.21. The van der Waals surface area contributed by atoms with Crippen molar-refractivity contribution in [2.24, 2.45) is 5.73 Å². The normalized spacial score (nSPS) is 22.3. The third kappa shape index (κ3) is 3.32. The Morgan fingerprint density at radius 2 is 2.46 bits per heavy atom. The smallest absolute Gasteiger partial charge is 0.222 e. The molecule has 1 atom stereocenters. The molecule has 1 heterocycles. The lowest BCUT2D eigenvalue weighted by molar-refractivity contribution is -0.130. The van der Waals surface area contributed by atoms with Gasteiger partial charge in [-0.1, -0.05) is 0 Å². The maximum atomic E-state index is 11.5. The van der Waals surface area contributed by atoms with E-state index in [9.17, 15) is 4.79 Å². The van der Waals surface area contributed by atoms with E-state index in [0.29, 0.717) is 13.0 Å². The van der Waals surface area contributed by atoms with Crippen LogP contribution in [0.15, 0.2) is 0 Å². The summed E-state index contributed by atoms with van der Waals surface area (Å²) in [5, 5.41) is 0. The molecule has 1 fully saturated rings. The highest BCUT2D eigenvalue weighted by Gasteiger charge is 2.22. The Morgan fingerprint density at radius 1 is 1.69 bits per heavy atom. The molecule has 0 saturated carbocycles. The molecule has 1 rings (SSSR count). The number of hydrogen-bond acceptors (Lipinski definition) is 3. The molecule has 4 heteroatoms. The highest BCUT2D eigenvalue weighted by Crippen LogP contribution is 2.09. The molecule has 1 aliphatic rings. The highest BCUT2D eigenvalue weighted by atomic mass is 16.5. The molecule has 1 amide bonds. The van der Waals surface area contributed by atoms with Crippen molar-refractivity contribution in [3.63, 3.8) is 0 Å². The number of amides is 1. The Bertz CT molecular complexity index is 173. The third-order valence-electron chi connectivity index (χ3n) is 2.32. The fraction of sp³-hybridized carbons (Fsp3) is 0.889. The average molecular weight is 186 g/mol. The topological polar surface area (TPSA) is 55.6 Å². The van der Waals surface area contributed by atoms with Crippen molar-refractivity contribution in [3.05, 3.63) is 0 Å². The van der Waals surface area contributed by atoms with E-state index in [1.165, 1.54) is 0 Å². The Morgan fingerprint density at radius 3 is 3.00 bits per heavy atom. The number of ether oxygens (including phenoxy) is 1. The largest absolute Gasteiger partial charge is 0.385 e. The van der Waals surface area contributed by atoms with Crippen molar-refractivity contribution in [3.8, 4) is 0 Å². The van der Waals surface area contributed by atoms with Gasteiger partial charge in [-0.3, -0.25) is 4.79 Å². The number of nitrogens with two attached hydrogens (primary N) is 1. The minimum absolute atomic E-state index is 0.186. The van der Waals surface area contributed by atoms with Crippen molar-refractivity contribution < 1.29 is 9.53 Å². The number of hydrogen-bond donors (Lipinski definition) is 1. The molecule has 0 aromatic heterocycles. The van der Waals surface area contributed by atoms with Gasteiger partial charge in [0.1, 0.15) is 0 Å². The molecule has 0 unspecified atom stereocenters. The first kappa shape index (κ1) is 10.5. The van der Waals surface area contributed by atoms with Crippen LogP contribution in [0.25, 0.3) is 0 Å². The lowest BCUT2D eigenvalue weighted by Gasteiger charge is -2.15. The summed E-state index contributed by atoms with van der Waals surface area (Å²) >= 11 is 0. The van der Waals surface area contributed by atoms with Gasteiger partial charge in [0.2, 0.25) is 5.91 Å². The molecule has 2 N–H and O–H groups in total. The third-order valence-corrected chi connectivity index (χ3v) is 2.32. The van der Waals surface area contributed by atoms with E-state index in [4.69, 9.17) is 10.5 Å². The first-order chi connectivity index (χ1) is 6.24. The van der Waals surface area contributed by atoms with E-state index < -0.39 is 0 Å². The van der Waals surface area contributed by atoms with Gasteiger partial charge in [0, 0.05) is 39.3 Å². The Kier molecular flexibility index (Phi) is 4.18. The van der Waals surface area contributed by atoms with E-state index in [1.54, 1.807) is 7.11 Å². The summed E-state index contributed by atoms with van der Waals surface area (Å²) in [5.41, 5.74) is 5.70. The zero-order valence-electron chi connectivity index (χ0n) is 8.16. The van der Waals surface area contributed by atoms with Crippen molar-refractivity contribution >= 4 is 5.91 Å². The molecule has 76 valence electrons. The molecular weight excluding hydrogens is 168 g/mol. The van der Waals surface area contributed by atoms with E-state index in [2.05, 4.69) is 0 Å². The molecule has 13 heavy (non-hydrogen) atoms. The molecular formula is C9H18N2O2. The maximum absolute atomic E-state index is 11.5. The summed E-state index contributed by atoms with van der Waals surface area (Å²) in [4.78, 5) is 13.3. The monoisotopic (exact) mass is 186 g/mol. The molecule has 0 aromatic carbocycles. The Balaban J connectivity index is 2.16. The molecule has 0 aromatic rings. The van der Waals surface area contributed by atoms with Crippen LogP contribution in [-0.4, -0.2) is 43.7 Å². The summed E-state index contributed by atoms with van der Waals surface area (Å²) in [6, 6.07) is 0.186. The van der Waals surface area contributed by atoms with E-state index >= 15 is 0 Å². The lowest BCUT2D eigenvalue weighted by Crippen LogP contribution is -2.31. The van der Waals surface area contributed by atoms with Gasteiger partial charge in [-0.05, 0) is 12.8 Å². The van der Waals surface area contributed by atoms with Crippen LogP contribution in [-0.2, 0) is 9.53 Å². The number of methoxy groups -OCH3 is 1. The number of likely N-dealkylation sites (tertiary alicyclic amines) is 1. The van der Waals surface area contributed by atoms with Gasteiger partial charge < -0.3 is 15.4 Å². The van der Waals surface area contributed by atoms with Gasteiger partial charge in [0.25, 0.3) is 0 Å². The molecule has 0 aliphatic carbocycles. The molecule has 1 aliphatic heterocycles. The molecule has 4 nitrogen and oxygen atoms in total. The van der Waals surface area contributed by atoms with Gasteiger partial charge >= 0.3 is 0 Å². The fourth-order valence-corrected chi connectivity index (χ4v) is 1.54. The van der Waals surface area contributed by atoms with E-state index in [1.807, 2.05) is 4.90 Å². The van der Waals surface area contributed by atoms with Gasteiger partial charge in [0.05, 0.1) is 0 Å². The van der Waals surface area contributed by atoms with Crippen LogP contribution in [0.1, 0.15) is 19.3 Å². The maximum Gasteiger partial charge on any atom is 0.222 e. The standard InChI is InChI=1S/C9H18N2O2/c1-13-6-2-3-9(12)11-5-4-8(10)7-11/h8H,2-7,10H2,1H3/t8-/m0/s1. The van der Waals surface area contributed by atoms with Crippen LogP contribution in [0, 0.1) is 0 Å². The first-order valence-electron chi connectivity index (χ1n) is 4.76. The summed E-state index contributed by atoms with van der Waals surface area (Å²) in [6.07, 6.45) is 2.33. The number of nitrogens with zero attached hydrogens (tertiary/aromatic N) is 1. The summed E-state index contributed by atoms with van der Waals surface area (Å²) < 4.78 is 4.88. The van der Waals surface area contributed by atoms with Gasteiger partial charge in [0.15, 0.2) is 0 Å². The van der Waals surface area contributed by atoms with Gasteiger partial charge in [-0.2, -0.15) is 0 Å². The quantitative estimate of drug-likeness (QED) is 0.627. The highest BCUT2D eigenvalue weighted by molar-refractivity contribution is 5.76. The average Bonchev–Trinajstić information content (AvgIpc) is 2.52. The van der Waals surface area contributed by atoms with Crippen LogP contribution < -0.4 is 5.73 Å². The Hall–Kier alpha value is -0.610. The van der Waals surface area contributed by atoms with Gasteiger partial charge in [-0.15, -0.1) is 0 Å². The van der Waals surface area contributed by atoms with Crippen LogP contribution in [0.5, 0.6) is 0 Å². The number of carbonyl (C=O) groups excluding carboxylic acids is 1. The minimum Gasteiger partial charge on any atom is -0.385 e. The second-order valence-electron chi connectivity index (χ2n) is 3.48. The summed E-state index contributed by atoms with van der Waals surface area (Å²) in [5.74, 6) is 0.213. The van der Waals surface area contributed by atoms with Crippen LogP contribution in [0.3, 0.4) is 0 Å². The van der Waals surface area contributed by atoms with Crippen molar-refractivity contribution in [1.29, 1.82) is 0 Å². The predicted octanol–water partition coefficient (Wildman–Crippen LogP) is -0.0274. The SMILES string of the molecule is COCCCC(=O)N1CC[C@H](N)C1. The van der Waals surface area contributed by atoms with Crippen molar-refractivity contribution in [2.75, 3.05) is 26.8 Å². The molecule has 0 bridgehead atoms. The van der Waals surface area contributed by atoms with Crippen LogP contribution in [0.4, 0.5) is 0 Å². The van der Waals surface area contributed by atoms with E-state index in [-0.39, 0.29) is 11.9 Å². The lowest BCUT2D eigenvalue weighted by atomic mass is 10.3.